The van der Waals surface area contributed by atoms with Crippen LogP contribution in [0.5, 0.6) is 0 Å². The highest BCUT2D eigenvalue weighted by Crippen LogP contribution is 2.33. The third kappa shape index (κ3) is 2.41. The van der Waals surface area contributed by atoms with E-state index in [0.717, 1.165) is 12.8 Å². The number of nitrogens with one attached hydrogen (secondary N) is 1. The van der Waals surface area contributed by atoms with Crippen LogP contribution < -0.4 is 5.32 Å². The Morgan fingerprint density at radius 2 is 1.95 bits per heavy atom. The second-order valence-corrected chi connectivity index (χ2v) is 5.58. The van der Waals surface area contributed by atoms with Gasteiger partial charge in [-0.1, -0.05) is 6.42 Å². The van der Waals surface area contributed by atoms with E-state index in [4.69, 9.17) is 5.26 Å². The lowest BCUT2D eigenvalue weighted by molar-refractivity contribution is 0.0608. The molecule has 0 spiro atoms. The number of piperidine rings is 2. The summed E-state index contributed by atoms with van der Waals surface area (Å²) in [5.74, 6) is 0.637. The fourth-order valence-electron chi connectivity index (χ4n) is 3.45. The molecule has 1 aromatic rings. The predicted octanol–water partition coefficient (Wildman–Crippen LogP) is 1.78. The molecule has 2 unspecified atom stereocenters. The molecular weight excluding hydrogens is 238 g/mol. The largest absolute Gasteiger partial charge is 0.365 e. The summed E-state index contributed by atoms with van der Waals surface area (Å²) < 4.78 is 0. The van der Waals surface area contributed by atoms with E-state index in [1.807, 2.05) is 0 Å². The smallest absolute Gasteiger partial charge is 0.182 e. The lowest BCUT2D eigenvalue weighted by atomic mass is 9.82. The normalized spacial score (nSPS) is 30.6. The van der Waals surface area contributed by atoms with Gasteiger partial charge in [-0.2, -0.15) is 5.26 Å². The Balaban J connectivity index is 1.73. The molecule has 2 aliphatic heterocycles. The van der Waals surface area contributed by atoms with Crippen LogP contribution in [0.2, 0.25) is 0 Å². The molecule has 2 bridgehead atoms. The van der Waals surface area contributed by atoms with Crippen molar-refractivity contribution in [3.8, 4) is 6.07 Å². The van der Waals surface area contributed by atoms with Gasteiger partial charge < -0.3 is 10.2 Å². The van der Waals surface area contributed by atoms with E-state index < -0.39 is 0 Å². The highest BCUT2D eigenvalue weighted by atomic mass is 15.2. The van der Waals surface area contributed by atoms with Gasteiger partial charge in [0.05, 0.1) is 0 Å². The van der Waals surface area contributed by atoms with Crippen molar-refractivity contribution in [2.45, 2.75) is 50.2 Å². The van der Waals surface area contributed by atoms with Gasteiger partial charge in [-0.05, 0) is 32.7 Å². The minimum absolute atomic E-state index is 0.395. The van der Waals surface area contributed by atoms with Crippen molar-refractivity contribution >= 4 is 5.82 Å². The molecule has 1 N–H and O–H groups in total. The summed E-state index contributed by atoms with van der Waals surface area (Å²) in [5.41, 5.74) is 0.395. The number of nitriles is 1. The van der Waals surface area contributed by atoms with Crippen LogP contribution in [0.25, 0.3) is 0 Å². The highest BCUT2D eigenvalue weighted by Gasteiger charge is 2.36. The molecule has 2 saturated heterocycles. The first-order valence-electron chi connectivity index (χ1n) is 6.97. The monoisotopic (exact) mass is 257 g/mol. The van der Waals surface area contributed by atoms with Crippen LogP contribution >= 0.6 is 0 Å². The van der Waals surface area contributed by atoms with E-state index in [-0.39, 0.29) is 0 Å². The maximum Gasteiger partial charge on any atom is 0.182 e. The van der Waals surface area contributed by atoms with Crippen molar-refractivity contribution in [2.24, 2.45) is 0 Å². The van der Waals surface area contributed by atoms with Crippen LogP contribution in [0.1, 0.15) is 37.8 Å². The predicted molar refractivity (Wildman–Crippen MR) is 72.6 cm³/mol. The topological polar surface area (TPSA) is 64.8 Å². The molecule has 1 aromatic heterocycles. The van der Waals surface area contributed by atoms with Crippen LogP contribution in [-0.2, 0) is 0 Å². The Kier molecular flexibility index (Phi) is 3.34. The molecule has 2 atom stereocenters. The van der Waals surface area contributed by atoms with E-state index >= 15 is 0 Å². The van der Waals surface area contributed by atoms with Gasteiger partial charge in [0.2, 0.25) is 0 Å². The molecule has 3 heterocycles. The fourth-order valence-corrected chi connectivity index (χ4v) is 3.45. The van der Waals surface area contributed by atoms with Crippen molar-refractivity contribution in [1.82, 2.24) is 14.9 Å². The van der Waals surface area contributed by atoms with Crippen LogP contribution in [0.3, 0.4) is 0 Å². The molecule has 3 rings (SSSR count). The third-order valence-corrected chi connectivity index (χ3v) is 4.48. The molecular formula is C14H19N5. The maximum atomic E-state index is 9.05. The van der Waals surface area contributed by atoms with Crippen LogP contribution in [0.4, 0.5) is 5.82 Å². The maximum absolute atomic E-state index is 9.05. The highest BCUT2D eigenvalue weighted by molar-refractivity contribution is 5.47. The summed E-state index contributed by atoms with van der Waals surface area (Å²) in [6.07, 6.45) is 9.39. The minimum atomic E-state index is 0.395. The van der Waals surface area contributed by atoms with E-state index in [1.54, 1.807) is 12.4 Å². The third-order valence-electron chi connectivity index (χ3n) is 4.48. The SMILES string of the molecule is CN1C2CCCC1CC(Nc1nccnc1C#N)C2. The molecule has 100 valence electrons. The second kappa shape index (κ2) is 5.14. The van der Waals surface area contributed by atoms with Crippen molar-refractivity contribution in [3.63, 3.8) is 0 Å². The molecule has 5 heteroatoms. The molecule has 0 saturated carbocycles. The van der Waals surface area contributed by atoms with Crippen molar-refractivity contribution in [2.75, 3.05) is 12.4 Å². The summed E-state index contributed by atoms with van der Waals surface area (Å²) in [5, 5.41) is 12.5. The summed E-state index contributed by atoms with van der Waals surface area (Å²) in [6, 6.07) is 3.86. The fraction of sp³-hybridized carbons (Fsp3) is 0.643. The molecule has 0 aliphatic carbocycles. The lowest BCUT2D eigenvalue weighted by Gasteiger charge is -2.47. The van der Waals surface area contributed by atoms with Gasteiger partial charge in [-0.15, -0.1) is 0 Å². The molecule has 0 amide bonds. The van der Waals surface area contributed by atoms with Crippen molar-refractivity contribution in [3.05, 3.63) is 18.1 Å². The van der Waals surface area contributed by atoms with Crippen LogP contribution in [0.15, 0.2) is 12.4 Å². The van der Waals surface area contributed by atoms with Gasteiger partial charge in [-0.3, -0.25) is 0 Å². The first-order chi connectivity index (χ1) is 9.28. The molecule has 0 radical (unpaired) electrons. The van der Waals surface area contributed by atoms with Gasteiger partial charge >= 0.3 is 0 Å². The summed E-state index contributed by atoms with van der Waals surface area (Å²) in [4.78, 5) is 10.8. The molecule has 2 aliphatic rings. The van der Waals surface area contributed by atoms with Gasteiger partial charge in [0, 0.05) is 30.5 Å². The average molecular weight is 257 g/mol. The van der Waals surface area contributed by atoms with E-state index in [0.29, 0.717) is 29.6 Å². The quantitative estimate of drug-likeness (QED) is 0.874. The van der Waals surface area contributed by atoms with Gasteiger partial charge in [-0.25, -0.2) is 9.97 Å². The summed E-state index contributed by atoms with van der Waals surface area (Å²) in [7, 11) is 2.24. The number of rotatable bonds is 2. The van der Waals surface area contributed by atoms with Gasteiger partial charge in [0.25, 0.3) is 0 Å². The molecule has 0 aromatic carbocycles. The number of hydrogen-bond donors (Lipinski definition) is 1. The Bertz CT molecular complexity index is 481. The molecule has 2 fully saturated rings. The van der Waals surface area contributed by atoms with Gasteiger partial charge in [0.1, 0.15) is 6.07 Å². The van der Waals surface area contributed by atoms with Gasteiger partial charge in [0.15, 0.2) is 11.5 Å². The van der Waals surface area contributed by atoms with Crippen molar-refractivity contribution < 1.29 is 0 Å². The van der Waals surface area contributed by atoms with E-state index in [1.165, 1.54) is 19.3 Å². The van der Waals surface area contributed by atoms with Crippen molar-refractivity contribution in [1.29, 1.82) is 5.26 Å². The average Bonchev–Trinajstić information content (AvgIpc) is 2.40. The zero-order valence-corrected chi connectivity index (χ0v) is 11.2. The Morgan fingerprint density at radius 3 is 2.63 bits per heavy atom. The molecule has 19 heavy (non-hydrogen) atoms. The zero-order chi connectivity index (χ0) is 13.2. The second-order valence-electron chi connectivity index (χ2n) is 5.58. The minimum Gasteiger partial charge on any atom is -0.365 e. The number of aromatic nitrogens is 2. The Labute approximate surface area is 113 Å². The number of hydrogen-bond acceptors (Lipinski definition) is 5. The van der Waals surface area contributed by atoms with Crippen LogP contribution in [-0.4, -0.2) is 40.0 Å². The first-order valence-corrected chi connectivity index (χ1v) is 6.97. The summed E-state index contributed by atoms with van der Waals surface area (Å²) in [6.45, 7) is 0. The zero-order valence-electron chi connectivity index (χ0n) is 11.2. The first kappa shape index (κ1) is 12.4. The summed E-state index contributed by atoms with van der Waals surface area (Å²) >= 11 is 0. The Morgan fingerprint density at radius 1 is 1.26 bits per heavy atom. The van der Waals surface area contributed by atoms with Crippen LogP contribution in [0, 0.1) is 11.3 Å². The Hall–Kier alpha value is -1.67. The number of fused-ring (bicyclic) bond motifs is 2. The molecule has 5 nitrogen and oxygen atoms in total. The number of anilines is 1. The van der Waals surface area contributed by atoms with E-state index in [2.05, 4.69) is 33.3 Å². The lowest BCUT2D eigenvalue weighted by Crippen LogP contribution is -2.52. The van der Waals surface area contributed by atoms with E-state index in [9.17, 15) is 0 Å². The number of nitrogens with zero attached hydrogens (tertiary/aromatic N) is 4. The standard InChI is InChI=1S/C14H19N5/c1-19-11-3-2-4-12(19)8-10(7-11)18-14-13(9-15)16-5-6-17-14/h5-6,10-12H,2-4,7-8H2,1H3,(H,17,18).